The molecule has 2 rings (SSSR count). The molecule has 1 heterocycles. The van der Waals surface area contributed by atoms with Gasteiger partial charge in [-0.1, -0.05) is 12.8 Å². The van der Waals surface area contributed by atoms with E-state index in [1.165, 1.54) is 17.7 Å². The van der Waals surface area contributed by atoms with Crippen LogP contribution in [-0.2, 0) is 28.2 Å². The third-order valence-corrected chi connectivity index (χ3v) is 4.90. The Labute approximate surface area is 119 Å². The van der Waals surface area contributed by atoms with Crippen LogP contribution in [0.25, 0.3) is 0 Å². The van der Waals surface area contributed by atoms with Crippen LogP contribution in [0.3, 0.4) is 0 Å². The van der Waals surface area contributed by atoms with Gasteiger partial charge in [0.15, 0.2) is 0 Å². The molecule has 0 bridgehead atoms. The molecule has 1 aromatic heterocycles. The highest BCUT2D eigenvalue weighted by atomic mass is 32.1. The van der Waals surface area contributed by atoms with Crippen LogP contribution in [0, 0.1) is 0 Å². The Morgan fingerprint density at radius 2 is 2.11 bits per heavy atom. The zero-order valence-electron chi connectivity index (χ0n) is 12.1. The summed E-state index contributed by atoms with van der Waals surface area (Å²) < 4.78 is 11.3. The van der Waals surface area contributed by atoms with Crippen molar-refractivity contribution in [2.24, 2.45) is 0 Å². The van der Waals surface area contributed by atoms with Crippen molar-refractivity contribution >= 4 is 11.3 Å². The van der Waals surface area contributed by atoms with Gasteiger partial charge in [-0.2, -0.15) is 0 Å². The van der Waals surface area contributed by atoms with E-state index in [0.29, 0.717) is 6.61 Å². The van der Waals surface area contributed by atoms with Gasteiger partial charge in [-0.3, -0.25) is 0 Å². The van der Waals surface area contributed by atoms with E-state index < -0.39 is 0 Å². The molecule has 1 fully saturated rings. The predicted octanol–water partition coefficient (Wildman–Crippen LogP) is 2.81. The van der Waals surface area contributed by atoms with Gasteiger partial charge in [0.05, 0.1) is 12.3 Å². The summed E-state index contributed by atoms with van der Waals surface area (Å²) in [6.07, 6.45) is 4.67. The Balaban J connectivity index is 2.29. The first-order valence-corrected chi connectivity index (χ1v) is 7.84. The minimum absolute atomic E-state index is 0.131. The summed E-state index contributed by atoms with van der Waals surface area (Å²) in [5.74, 6) is 0. The van der Waals surface area contributed by atoms with Crippen molar-refractivity contribution in [1.29, 1.82) is 0 Å². The van der Waals surface area contributed by atoms with Crippen LogP contribution in [0.1, 0.15) is 48.2 Å². The van der Waals surface area contributed by atoms with Crippen LogP contribution in [0.5, 0.6) is 0 Å². The Hall–Kier alpha value is -0.490. The lowest BCUT2D eigenvalue weighted by atomic mass is 10.0. The zero-order valence-corrected chi connectivity index (χ0v) is 12.9. The number of aromatic nitrogens is 1. The maximum absolute atomic E-state index is 6.09. The van der Waals surface area contributed by atoms with Crippen molar-refractivity contribution in [1.82, 2.24) is 10.3 Å². The first-order valence-electron chi connectivity index (χ1n) is 7.02. The standard InChI is InChI=1S/C14H24N2O2S/c1-4-18-14(7-5-6-8-14)13-16-11(10-17-3)12(19-13)9-15-2/h15H,4-10H2,1-3H3. The number of methoxy groups -OCH3 is 1. The summed E-state index contributed by atoms with van der Waals surface area (Å²) in [6, 6.07) is 0. The molecule has 1 aliphatic rings. The van der Waals surface area contributed by atoms with E-state index in [2.05, 4.69) is 12.2 Å². The molecule has 1 N–H and O–H groups in total. The molecule has 19 heavy (non-hydrogen) atoms. The summed E-state index contributed by atoms with van der Waals surface area (Å²) in [5.41, 5.74) is 0.927. The third kappa shape index (κ3) is 3.16. The van der Waals surface area contributed by atoms with Crippen molar-refractivity contribution in [3.05, 3.63) is 15.6 Å². The highest BCUT2D eigenvalue weighted by Gasteiger charge is 2.39. The Morgan fingerprint density at radius 3 is 2.68 bits per heavy atom. The van der Waals surface area contributed by atoms with Gasteiger partial charge in [0, 0.05) is 25.1 Å². The molecule has 5 heteroatoms. The van der Waals surface area contributed by atoms with E-state index in [0.717, 1.165) is 36.7 Å². The van der Waals surface area contributed by atoms with Crippen LogP contribution in [-0.4, -0.2) is 25.7 Å². The largest absolute Gasteiger partial charge is 0.378 e. The van der Waals surface area contributed by atoms with Crippen molar-refractivity contribution < 1.29 is 9.47 Å². The second kappa shape index (κ2) is 6.79. The van der Waals surface area contributed by atoms with Gasteiger partial charge in [0.25, 0.3) is 0 Å². The third-order valence-electron chi connectivity index (χ3n) is 3.62. The lowest BCUT2D eigenvalue weighted by Gasteiger charge is -2.26. The summed E-state index contributed by atoms with van der Waals surface area (Å²) in [7, 11) is 3.68. The minimum Gasteiger partial charge on any atom is -0.378 e. The molecule has 0 atom stereocenters. The molecule has 1 aromatic rings. The summed E-state index contributed by atoms with van der Waals surface area (Å²) in [4.78, 5) is 6.09. The quantitative estimate of drug-likeness (QED) is 0.836. The predicted molar refractivity (Wildman–Crippen MR) is 77.4 cm³/mol. The fourth-order valence-corrected chi connectivity index (χ4v) is 4.05. The normalized spacial score (nSPS) is 18.1. The number of hydrogen-bond acceptors (Lipinski definition) is 5. The zero-order chi connectivity index (χ0) is 13.7. The molecule has 1 saturated carbocycles. The monoisotopic (exact) mass is 284 g/mol. The van der Waals surface area contributed by atoms with E-state index in [-0.39, 0.29) is 5.60 Å². The molecule has 1 aliphatic carbocycles. The Morgan fingerprint density at radius 1 is 1.37 bits per heavy atom. The summed E-state index contributed by atoms with van der Waals surface area (Å²) >= 11 is 1.78. The number of nitrogens with zero attached hydrogens (tertiary/aromatic N) is 1. The van der Waals surface area contributed by atoms with Crippen LogP contribution in [0.4, 0.5) is 0 Å². The highest BCUT2D eigenvalue weighted by molar-refractivity contribution is 7.11. The molecular weight excluding hydrogens is 260 g/mol. The molecule has 0 aliphatic heterocycles. The number of thiazole rings is 1. The van der Waals surface area contributed by atoms with Gasteiger partial charge in [-0.05, 0) is 26.8 Å². The van der Waals surface area contributed by atoms with Gasteiger partial charge in [-0.25, -0.2) is 4.98 Å². The van der Waals surface area contributed by atoms with E-state index in [1.807, 2.05) is 7.05 Å². The molecular formula is C14H24N2O2S. The van der Waals surface area contributed by atoms with E-state index in [9.17, 15) is 0 Å². The van der Waals surface area contributed by atoms with Gasteiger partial charge in [0.2, 0.25) is 0 Å². The fourth-order valence-electron chi connectivity index (χ4n) is 2.77. The van der Waals surface area contributed by atoms with Gasteiger partial charge >= 0.3 is 0 Å². The highest BCUT2D eigenvalue weighted by Crippen LogP contribution is 2.44. The summed E-state index contributed by atoms with van der Waals surface area (Å²) in [5, 5.41) is 4.35. The average Bonchev–Trinajstić information content (AvgIpc) is 3.00. The van der Waals surface area contributed by atoms with Crippen molar-refractivity contribution in [3.63, 3.8) is 0 Å². The average molecular weight is 284 g/mol. The Bertz CT molecular complexity index is 377. The molecule has 108 valence electrons. The van der Waals surface area contributed by atoms with Crippen LogP contribution in [0.15, 0.2) is 0 Å². The minimum atomic E-state index is -0.131. The van der Waals surface area contributed by atoms with E-state index in [4.69, 9.17) is 14.5 Å². The Kier molecular flexibility index (Phi) is 5.33. The van der Waals surface area contributed by atoms with Crippen LogP contribution in [0.2, 0.25) is 0 Å². The maximum atomic E-state index is 6.09. The summed E-state index contributed by atoms with van der Waals surface area (Å²) in [6.45, 7) is 4.24. The SMILES string of the molecule is CCOC1(c2nc(COC)c(CNC)s2)CCCC1. The smallest absolute Gasteiger partial charge is 0.125 e. The first-order chi connectivity index (χ1) is 9.25. The number of rotatable bonds is 7. The molecule has 0 unspecified atom stereocenters. The van der Waals surface area contributed by atoms with E-state index in [1.54, 1.807) is 18.4 Å². The molecule has 0 saturated heterocycles. The fraction of sp³-hybridized carbons (Fsp3) is 0.786. The van der Waals surface area contributed by atoms with Gasteiger partial charge < -0.3 is 14.8 Å². The van der Waals surface area contributed by atoms with Gasteiger partial charge in [0.1, 0.15) is 10.6 Å². The lowest BCUT2D eigenvalue weighted by Crippen LogP contribution is -2.26. The number of nitrogens with one attached hydrogen (secondary N) is 1. The lowest BCUT2D eigenvalue weighted by molar-refractivity contribution is -0.0393. The van der Waals surface area contributed by atoms with Crippen molar-refractivity contribution in [3.8, 4) is 0 Å². The second-order valence-electron chi connectivity index (χ2n) is 4.99. The van der Waals surface area contributed by atoms with Crippen molar-refractivity contribution in [2.45, 2.75) is 51.4 Å². The molecule has 0 spiro atoms. The van der Waals surface area contributed by atoms with E-state index >= 15 is 0 Å². The molecule has 4 nitrogen and oxygen atoms in total. The number of hydrogen-bond donors (Lipinski definition) is 1. The molecule has 0 radical (unpaired) electrons. The van der Waals surface area contributed by atoms with Crippen LogP contribution < -0.4 is 5.32 Å². The number of ether oxygens (including phenoxy) is 2. The van der Waals surface area contributed by atoms with Gasteiger partial charge in [-0.15, -0.1) is 11.3 Å². The van der Waals surface area contributed by atoms with Crippen molar-refractivity contribution in [2.75, 3.05) is 20.8 Å². The van der Waals surface area contributed by atoms with Crippen LogP contribution >= 0.6 is 11.3 Å². The first kappa shape index (κ1) is 14.9. The molecule has 0 aromatic carbocycles. The molecule has 0 amide bonds. The maximum Gasteiger partial charge on any atom is 0.125 e. The topological polar surface area (TPSA) is 43.4 Å². The second-order valence-corrected chi connectivity index (χ2v) is 6.07.